The molecule has 0 fully saturated rings. The molecule has 17 nitrogen and oxygen atoms in total. The Labute approximate surface area is 341 Å². The SMILES string of the molecule is CCCC[C@@H](C=O)NC(=O)[C@H](CC(C)C)NC(=O)[C@@H](NC(=O)[C@H](Cc1ccccc1C)NC(=O)[C@H](NC(=O)[C@H](CC(=O)O)NC(=O)CCC(=O)O)C(C)C)C(C)(C)C. The molecule has 0 radical (unpaired) electrons. The van der Waals surface area contributed by atoms with Gasteiger partial charge < -0.3 is 46.9 Å². The maximum atomic E-state index is 14.2. The summed E-state index contributed by atoms with van der Waals surface area (Å²) < 4.78 is 0. The number of unbranched alkanes of at least 4 members (excludes halogenated alkanes) is 1. The Morgan fingerprint density at radius 3 is 1.81 bits per heavy atom. The third-order valence-electron chi connectivity index (χ3n) is 9.28. The Bertz CT molecular complexity index is 1610. The molecule has 0 spiro atoms. The first-order chi connectivity index (χ1) is 27.0. The Morgan fingerprint density at radius 2 is 1.29 bits per heavy atom. The van der Waals surface area contributed by atoms with Crippen LogP contribution in [0.15, 0.2) is 24.3 Å². The van der Waals surface area contributed by atoms with Gasteiger partial charge in [0, 0.05) is 12.8 Å². The molecule has 8 N–H and O–H groups in total. The Hall–Kier alpha value is -5.35. The lowest BCUT2D eigenvalue weighted by Crippen LogP contribution is -2.62. The van der Waals surface area contributed by atoms with E-state index >= 15 is 0 Å². The molecule has 0 unspecified atom stereocenters. The summed E-state index contributed by atoms with van der Waals surface area (Å²) >= 11 is 0. The zero-order valence-electron chi connectivity index (χ0n) is 35.2. The molecule has 0 bridgehead atoms. The van der Waals surface area contributed by atoms with E-state index in [1.165, 1.54) is 0 Å². The summed E-state index contributed by atoms with van der Waals surface area (Å²) in [6.07, 6.45) is 0.925. The van der Waals surface area contributed by atoms with Gasteiger partial charge in [-0.05, 0) is 48.1 Å². The van der Waals surface area contributed by atoms with Crippen molar-refractivity contribution in [1.82, 2.24) is 31.9 Å². The van der Waals surface area contributed by atoms with Gasteiger partial charge in [-0.25, -0.2) is 0 Å². The summed E-state index contributed by atoms with van der Waals surface area (Å²) in [5.74, 6) is -8.02. The van der Waals surface area contributed by atoms with Crippen molar-refractivity contribution < 1.29 is 53.4 Å². The van der Waals surface area contributed by atoms with Crippen LogP contribution in [0.3, 0.4) is 0 Å². The number of aliphatic carboxylic acids is 2. The fourth-order valence-electron chi connectivity index (χ4n) is 5.95. The van der Waals surface area contributed by atoms with Crippen LogP contribution < -0.4 is 31.9 Å². The number of hydrogen-bond acceptors (Lipinski definition) is 9. The zero-order valence-corrected chi connectivity index (χ0v) is 35.2. The second kappa shape index (κ2) is 24.4. The fourth-order valence-corrected chi connectivity index (χ4v) is 5.95. The number of amides is 6. The first-order valence-electron chi connectivity index (χ1n) is 19.7. The van der Waals surface area contributed by atoms with E-state index < -0.39 is 114 Å². The van der Waals surface area contributed by atoms with Gasteiger partial charge in [-0.1, -0.05) is 92.5 Å². The molecule has 0 aliphatic carbocycles. The van der Waals surface area contributed by atoms with Crippen LogP contribution >= 0.6 is 0 Å². The zero-order chi connectivity index (χ0) is 44.3. The highest BCUT2D eigenvalue weighted by molar-refractivity contribution is 5.97. The highest BCUT2D eigenvalue weighted by Gasteiger charge is 2.38. The van der Waals surface area contributed by atoms with Gasteiger partial charge in [0.1, 0.15) is 36.5 Å². The third-order valence-corrected chi connectivity index (χ3v) is 9.28. The molecule has 6 amide bonds. The van der Waals surface area contributed by atoms with Gasteiger partial charge in [0.2, 0.25) is 35.4 Å². The summed E-state index contributed by atoms with van der Waals surface area (Å²) in [4.78, 5) is 115. The van der Waals surface area contributed by atoms with E-state index in [4.69, 9.17) is 5.11 Å². The number of benzene rings is 1. The molecule has 1 aromatic carbocycles. The summed E-state index contributed by atoms with van der Waals surface area (Å²) in [5.41, 5.74) is 0.584. The van der Waals surface area contributed by atoms with Crippen molar-refractivity contribution in [2.75, 3.05) is 0 Å². The summed E-state index contributed by atoms with van der Waals surface area (Å²) in [6.45, 7) is 15.9. The number of carboxylic acid groups (broad SMARTS) is 2. The van der Waals surface area contributed by atoms with Gasteiger partial charge in [0.15, 0.2) is 0 Å². The summed E-state index contributed by atoms with van der Waals surface area (Å²) in [5, 5.41) is 33.9. The normalized spacial score (nSPS) is 14.5. The van der Waals surface area contributed by atoms with Gasteiger partial charge in [-0.3, -0.25) is 38.4 Å². The summed E-state index contributed by atoms with van der Waals surface area (Å²) in [7, 11) is 0. The first kappa shape index (κ1) is 50.7. The van der Waals surface area contributed by atoms with Crippen LogP contribution in [0, 0.1) is 24.2 Å². The van der Waals surface area contributed by atoms with Crippen LogP contribution in [0.4, 0.5) is 0 Å². The van der Waals surface area contributed by atoms with Crippen LogP contribution in [-0.4, -0.2) is 100 Å². The molecule has 0 saturated carbocycles. The van der Waals surface area contributed by atoms with E-state index in [1.54, 1.807) is 52.8 Å². The summed E-state index contributed by atoms with van der Waals surface area (Å²) in [6, 6.07) is -0.121. The highest BCUT2D eigenvalue weighted by Crippen LogP contribution is 2.21. The van der Waals surface area contributed by atoms with Crippen LogP contribution in [0.2, 0.25) is 0 Å². The minimum absolute atomic E-state index is 0.0280. The molecule has 0 saturated heterocycles. The van der Waals surface area contributed by atoms with E-state index in [1.807, 2.05) is 33.8 Å². The van der Waals surface area contributed by atoms with Gasteiger partial charge in [-0.2, -0.15) is 0 Å². The Morgan fingerprint density at radius 1 is 0.707 bits per heavy atom. The number of carbonyl (C=O) groups excluding carboxylic acids is 7. The van der Waals surface area contributed by atoms with Crippen LogP contribution in [0.25, 0.3) is 0 Å². The maximum Gasteiger partial charge on any atom is 0.305 e. The van der Waals surface area contributed by atoms with E-state index in [9.17, 15) is 48.3 Å². The van der Waals surface area contributed by atoms with Crippen molar-refractivity contribution in [2.24, 2.45) is 17.3 Å². The lowest BCUT2D eigenvalue weighted by atomic mass is 9.85. The van der Waals surface area contributed by atoms with Gasteiger partial charge in [0.05, 0.1) is 18.9 Å². The largest absolute Gasteiger partial charge is 0.481 e. The van der Waals surface area contributed by atoms with Crippen molar-refractivity contribution >= 4 is 53.7 Å². The lowest BCUT2D eigenvalue weighted by molar-refractivity contribution is -0.142. The predicted octanol–water partition coefficient (Wildman–Crippen LogP) is 1.92. The van der Waals surface area contributed by atoms with Crippen LogP contribution in [0.1, 0.15) is 111 Å². The molecule has 0 aromatic heterocycles. The number of aldehydes is 1. The molecule has 17 heteroatoms. The second-order valence-corrected chi connectivity index (χ2v) is 16.4. The molecular formula is C41H64N6O11. The van der Waals surface area contributed by atoms with Gasteiger partial charge in [-0.15, -0.1) is 0 Å². The number of hydrogen-bond donors (Lipinski definition) is 8. The minimum Gasteiger partial charge on any atom is -0.481 e. The Kier molecular flexibility index (Phi) is 21.3. The van der Waals surface area contributed by atoms with E-state index in [-0.39, 0.29) is 18.8 Å². The lowest BCUT2D eigenvalue weighted by Gasteiger charge is -2.34. The van der Waals surface area contributed by atoms with E-state index in [2.05, 4.69) is 31.9 Å². The third kappa shape index (κ3) is 18.3. The predicted molar refractivity (Wildman–Crippen MR) is 215 cm³/mol. The van der Waals surface area contributed by atoms with Gasteiger partial charge >= 0.3 is 11.9 Å². The Balaban J connectivity index is 3.47. The molecule has 324 valence electrons. The molecule has 6 atom stereocenters. The molecule has 58 heavy (non-hydrogen) atoms. The van der Waals surface area contributed by atoms with Crippen molar-refractivity contribution in [1.29, 1.82) is 0 Å². The molecule has 1 aromatic rings. The highest BCUT2D eigenvalue weighted by atomic mass is 16.4. The van der Waals surface area contributed by atoms with Crippen LogP contribution in [0.5, 0.6) is 0 Å². The second-order valence-electron chi connectivity index (χ2n) is 16.4. The van der Waals surface area contributed by atoms with Crippen molar-refractivity contribution in [2.45, 2.75) is 150 Å². The monoisotopic (exact) mass is 816 g/mol. The number of carbonyl (C=O) groups is 9. The number of rotatable bonds is 25. The van der Waals surface area contributed by atoms with Gasteiger partial charge in [0.25, 0.3) is 0 Å². The average Bonchev–Trinajstić information content (AvgIpc) is 3.12. The molecule has 0 aliphatic rings. The van der Waals surface area contributed by atoms with Crippen LogP contribution in [-0.2, 0) is 49.6 Å². The number of aryl methyl sites for hydroxylation is 1. The molecular weight excluding hydrogens is 752 g/mol. The smallest absolute Gasteiger partial charge is 0.305 e. The maximum absolute atomic E-state index is 14.2. The van der Waals surface area contributed by atoms with E-state index in [0.29, 0.717) is 24.7 Å². The van der Waals surface area contributed by atoms with Crippen molar-refractivity contribution in [3.05, 3.63) is 35.4 Å². The van der Waals surface area contributed by atoms with Crippen molar-refractivity contribution in [3.63, 3.8) is 0 Å². The molecule has 0 heterocycles. The van der Waals surface area contributed by atoms with Crippen molar-refractivity contribution in [3.8, 4) is 0 Å². The standard InChI is InChI=1S/C41H64N6O11/c1-10-11-16-27(22-48)42-36(54)28(19-23(2)3)45-40(58)35(41(7,8)9)47-38(56)29(20-26-15-13-12-14-25(26)6)44-39(57)34(24(4)5)46-37(55)30(21-33(52)53)43-31(49)17-18-32(50)51/h12-15,22-24,27-30,34-35H,10-11,16-21H2,1-9H3,(H,42,54)(H,43,49)(H,44,57)(H,45,58)(H,46,55)(H,47,56)(H,50,51)(H,52,53)/t27-,28-,29-,30-,34+,35+/m0/s1. The molecule has 0 aliphatic heterocycles. The molecule has 1 rings (SSSR count). The topological polar surface area (TPSA) is 266 Å². The number of nitrogens with one attached hydrogen (secondary N) is 6. The fraction of sp³-hybridized carbons (Fsp3) is 0.634. The first-order valence-corrected chi connectivity index (χ1v) is 19.7. The van der Waals surface area contributed by atoms with E-state index in [0.717, 1.165) is 12.0 Å². The average molecular weight is 817 g/mol. The minimum atomic E-state index is -1.65. The quantitative estimate of drug-likeness (QED) is 0.0661. The number of carboxylic acids is 2.